The molecule has 0 saturated heterocycles. The molecule has 0 saturated carbocycles. The Morgan fingerprint density at radius 1 is 1.11 bits per heavy atom. The van der Waals surface area contributed by atoms with Crippen LogP contribution in [0, 0.1) is 5.41 Å². The topological polar surface area (TPSA) is 45.7 Å². The van der Waals surface area contributed by atoms with Gasteiger partial charge in [-0.3, -0.25) is 4.99 Å². The van der Waals surface area contributed by atoms with Gasteiger partial charge in [0.25, 0.3) is 0 Å². The summed E-state index contributed by atoms with van der Waals surface area (Å²) in [5.74, 6) is 0.867. The van der Waals surface area contributed by atoms with Gasteiger partial charge in [-0.05, 0) is 32.6 Å². The van der Waals surface area contributed by atoms with Crippen LogP contribution in [0.2, 0.25) is 0 Å². The summed E-state index contributed by atoms with van der Waals surface area (Å²) in [5, 5.41) is 6.61. The molecule has 0 amide bonds. The second kappa shape index (κ2) is 9.80. The SMILES string of the molecule is CCNC(=NCC(C)(C)OC)NCCC(C)(C)C.I. The lowest BCUT2D eigenvalue weighted by Crippen LogP contribution is -2.40. The first-order valence-corrected chi connectivity index (χ1v) is 6.77. The molecule has 0 aromatic rings. The van der Waals surface area contributed by atoms with Crippen LogP contribution in [0.15, 0.2) is 4.99 Å². The lowest BCUT2D eigenvalue weighted by atomic mass is 9.92. The minimum atomic E-state index is -0.216. The number of nitrogens with one attached hydrogen (secondary N) is 2. The van der Waals surface area contributed by atoms with Crippen molar-refractivity contribution in [2.45, 2.75) is 53.6 Å². The summed E-state index contributed by atoms with van der Waals surface area (Å²) in [7, 11) is 1.72. The van der Waals surface area contributed by atoms with Crippen molar-refractivity contribution in [3.05, 3.63) is 0 Å². The monoisotopic (exact) mass is 385 g/mol. The fourth-order valence-electron chi connectivity index (χ4n) is 1.23. The Bertz CT molecular complexity index is 260. The molecule has 0 aliphatic carbocycles. The van der Waals surface area contributed by atoms with E-state index in [1.54, 1.807) is 7.11 Å². The fourth-order valence-corrected chi connectivity index (χ4v) is 1.23. The Morgan fingerprint density at radius 2 is 1.68 bits per heavy atom. The van der Waals surface area contributed by atoms with E-state index in [9.17, 15) is 0 Å². The normalized spacial score (nSPS) is 12.9. The highest BCUT2D eigenvalue weighted by Gasteiger charge is 2.16. The number of methoxy groups -OCH3 is 1. The number of ether oxygens (including phenoxy) is 1. The average molecular weight is 385 g/mol. The van der Waals surface area contributed by atoms with E-state index in [1.165, 1.54) is 0 Å². The fraction of sp³-hybridized carbons (Fsp3) is 0.929. The maximum atomic E-state index is 5.36. The zero-order valence-corrected chi connectivity index (χ0v) is 15.9. The standard InChI is InChI=1S/C14H31N3O.HI/c1-8-15-12(16-10-9-13(2,3)4)17-11-14(5,6)18-7;/h8-11H2,1-7H3,(H2,15,16,17);1H. The van der Waals surface area contributed by atoms with Gasteiger partial charge in [0.15, 0.2) is 5.96 Å². The highest BCUT2D eigenvalue weighted by atomic mass is 127. The summed E-state index contributed by atoms with van der Waals surface area (Å²) in [6.07, 6.45) is 1.12. The maximum absolute atomic E-state index is 5.36. The second-order valence-corrected chi connectivity index (χ2v) is 6.40. The van der Waals surface area contributed by atoms with Crippen LogP contribution in [0.4, 0.5) is 0 Å². The van der Waals surface area contributed by atoms with E-state index in [4.69, 9.17) is 4.74 Å². The number of guanidine groups is 1. The zero-order chi connectivity index (χ0) is 14.2. The van der Waals surface area contributed by atoms with Crippen molar-refractivity contribution in [1.29, 1.82) is 0 Å². The van der Waals surface area contributed by atoms with Crippen molar-refractivity contribution >= 4 is 29.9 Å². The van der Waals surface area contributed by atoms with Crippen LogP contribution in [0.3, 0.4) is 0 Å². The Balaban J connectivity index is 0. The molecule has 0 bridgehead atoms. The van der Waals surface area contributed by atoms with E-state index < -0.39 is 0 Å². The molecule has 0 atom stereocenters. The van der Waals surface area contributed by atoms with Gasteiger partial charge in [-0.2, -0.15) is 0 Å². The lowest BCUT2D eigenvalue weighted by Gasteiger charge is -2.22. The van der Waals surface area contributed by atoms with Gasteiger partial charge in [0.1, 0.15) is 0 Å². The first kappa shape index (κ1) is 21.3. The van der Waals surface area contributed by atoms with Crippen LogP contribution < -0.4 is 10.6 Å². The molecule has 0 fully saturated rings. The van der Waals surface area contributed by atoms with Gasteiger partial charge in [0, 0.05) is 20.2 Å². The molecule has 0 spiro atoms. The first-order valence-electron chi connectivity index (χ1n) is 6.77. The van der Waals surface area contributed by atoms with Gasteiger partial charge in [-0.25, -0.2) is 0 Å². The quantitative estimate of drug-likeness (QED) is 0.420. The van der Waals surface area contributed by atoms with E-state index >= 15 is 0 Å². The Kier molecular flexibility index (Phi) is 11.0. The molecule has 0 rings (SSSR count). The van der Waals surface area contributed by atoms with Crippen LogP contribution in [0.1, 0.15) is 48.0 Å². The van der Waals surface area contributed by atoms with E-state index in [0.717, 1.165) is 25.5 Å². The lowest BCUT2D eigenvalue weighted by molar-refractivity contribution is 0.0310. The third-order valence-electron chi connectivity index (χ3n) is 2.68. The summed E-state index contributed by atoms with van der Waals surface area (Å²) in [5.41, 5.74) is 0.127. The Hall–Kier alpha value is -0.0400. The van der Waals surface area contributed by atoms with Crippen LogP contribution in [0.25, 0.3) is 0 Å². The first-order chi connectivity index (χ1) is 8.20. The van der Waals surface area contributed by atoms with Crippen LogP contribution in [-0.4, -0.2) is 38.3 Å². The van der Waals surface area contributed by atoms with E-state index in [-0.39, 0.29) is 29.6 Å². The molecular weight excluding hydrogens is 353 g/mol. The van der Waals surface area contributed by atoms with Gasteiger partial charge < -0.3 is 15.4 Å². The number of rotatable bonds is 6. The molecule has 2 N–H and O–H groups in total. The molecule has 4 nitrogen and oxygen atoms in total. The number of aliphatic imine (C=N–C) groups is 1. The van der Waals surface area contributed by atoms with Crippen molar-refractivity contribution < 1.29 is 4.74 Å². The molecule has 0 aliphatic heterocycles. The predicted octanol–water partition coefficient (Wildman–Crippen LogP) is 3.02. The largest absolute Gasteiger partial charge is 0.377 e. The molecular formula is C14H32IN3O. The van der Waals surface area contributed by atoms with Gasteiger partial charge in [-0.15, -0.1) is 24.0 Å². The Morgan fingerprint density at radius 3 is 2.11 bits per heavy atom. The highest BCUT2D eigenvalue weighted by Crippen LogP contribution is 2.16. The van der Waals surface area contributed by atoms with Crippen molar-refractivity contribution in [2.75, 3.05) is 26.7 Å². The minimum absolute atomic E-state index is 0. The second-order valence-electron chi connectivity index (χ2n) is 6.40. The average Bonchev–Trinajstić information content (AvgIpc) is 2.24. The van der Waals surface area contributed by atoms with E-state index in [0.29, 0.717) is 12.0 Å². The van der Waals surface area contributed by atoms with Gasteiger partial charge in [-0.1, -0.05) is 20.8 Å². The number of hydrogen-bond donors (Lipinski definition) is 2. The summed E-state index contributed by atoms with van der Waals surface area (Å²) < 4.78 is 5.36. The molecule has 0 radical (unpaired) electrons. The highest BCUT2D eigenvalue weighted by molar-refractivity contribution is 14.0. The van der Waals surface area contributed by atoms with Crippen molar-refractivity contribution in [3.63, 3.8) is 0 Å². The number of halogens is 1. The third-order valence-corrected chi connectivity index (χ3v) is 2.68. The van der Waals surface area contributed by atoms with Crippen molar-refractivity contribution in [1.82, 2.24) is 10.6 Å². The van der Waals surface area contributed by atoms with E-state index in [2.05, 4.69) is 43.3 Å². The summed E-state index contributed by atoms with van der Waals surface area (Å²) in [6.45, 7) is 15.3. The molecule has 0 aliphatic rings. The summed E-state index contributed by atoms with van der Waals surface area (Å²) in [4.78, 5) is 4.54. The minimum Gasteiger partial charge on any atom is -0.377 e. The van der Waals surface area contributed by atoms with Gasteiger partial charge in [0.2, 0.25) is 0 Å². The summed E-state index contributed by atoms with van der Waals surface area (Å²) >= 11 is 0. The smallest absolute Gasteiger partial charge is 0.191 e. The van der Waals surface area contributed by atoms with E-state index in [1.807, 2.05) is 13.8 Å². The predicted molar refractivity (Wildman–Crippen MR) is 94.6 cm³/mol. The van der Waals surface area contributed by atoms with Crippen LogP contribution in [-0.2, 0) is 4.74 Å². The molecule has 0 aromatic carbocycles. The molecule has 116 valence electrons. The van der Waals surface area contributed by atoms with Crippen molar-refractivity contribution in [2.24, 2.45) is 10.4 Å². The zero-order valence-electron chi connectivity index (χ0n) is 13.6. The van der Waals surface area contributed by atoms with Gasteiger partial charge in [0.05, 0.1) is 12.1 Å². The maximum Gasteiger partial charge on any atom is 0.191 e. The Labute approximate surface area is 136 Å². The van der Waals surface area contributed by atoms with Crippen LogP contribution >= 0.6 is 24.0 Å². The van der Waals surface area contributed by atoms with Gasteiger partial charge >= 0.3 is 0 Å². The van der Waals surface area contributed by atoms with Crippen molar-refractivity contribution in [3.8, 4) is 0 Å². The molecule has 0 unspecified atom stereocenters. The summed E-state index contributed by atoms with van der Waals surface area (Å²) in [6, 6.07) is 0. The molecule has 5 heteroatoms. The third kappa shape index (κ3) is 12.7. The molecule has 19 heavy (non-hydrogen) atoms. The number of nitrogens with zero attached hydrogens (tertiary/aromatic N) is 1. The number of hydrogen-bond acceptors (Lipinski definition) is 2. The van der Waals surface area contributed by atoms with Crippen LogP contribution in [0.5, 0.6) is 0 Å². The molecule has 0 aromatic heterocycles. The molecule has 0 heterocycles.